The van der Waals surface area contributed by atoms with E-state index in [0.29, 0.717) is 12.1 Å². The van der Waals surface area contributed by atoms with Crippen molar-refractivity contribution in [2.45, 2.75) is 45.7 Å². The third-order valence-corrected chi connectivity index (χ3v) is 3.58. The number of nitrogens with zero attached hydrogens (tertiary/aromatic N) is 1. The van der Waals surface area contributed by atoms with E-state index in [0.717, 1.165) is 19.4 Å². The number of nitrogens with two attached hydrogens (primary N) is 1. The molecule has 0 amide bonds. The molecule has 16 heavy (non-hydrogen) atoms. The highest BCUT2D eigenvalue weighted by Crippen LogP contribution is 2.27. The fourth-order valence-corrected chi connectivity index (χ4v) is 2.69. The first-order chi connectivity index (χ1) is 7.58. The molecular weight excluding hydrogens is 196 g/mol. The van der Waals surface area contributed by atoms with E-state index in [9.17, 15) is 0 Å². The third kappa shape index (κ3) is 2.22. The summed E-state index contributed by atoms with van der Waals surface area (Å²) in [6.45, 7) is 7.71. The Morgan fingerprint density at radius 1 is 1.31 bits per heavy atom. The zero-order valence-corrected chi connectivity index (χ0v) is 10.5. The second kappa shape index (κ2) is 4.46. The quantitative estimate of drug-likeness (QED) is 0.785. The van der Waals surface area contributed by atoms with Crippen molar-refractivity contribution < 1.29 is 0 Å². The minimum Gasteiger partial charge on any atom is -0.368 e. The first kappa shape index (κ1) is 11.5. The monoisotopic (exact) mass is 218 g/mol. The standard InChI is InChI=1S/C14H22N2/c1-10-4-5-14(11(2)8-10)16-7-6-13(15)9-12(16)3/h4-5,8,12-13H,6-7,9,15H2,1-3H3. The molecule has 0 bridgehead atoms. The van der Waals surface area contributed by atoms with Gasteiger partial charge in [0.2, 0.25) is 0 Å². The number of anilines is 1. The Kier molecular flexibility index (Phi) is 3.20. The van der Waals surface area contributed by atoms with Gasteiger partial charge >= 0.3 is 0 Å². The molecule has 0 aliphatic carbocycles. The maximum Gasteiger partial charge on any atom is 0.0398 e. The zero-order chi connectivity index (χ0) is 11.7. The van der Waals surface area contributed by atoms with Crippen LogP contribution in [0.1, 0.15) is 30.9 Å². The minimum atomic E-state index is 0.386. The van der Waals surface area contributed by atoms with Gasteiger partial charge in [0.1, 0.15) is 0 Å². The molecule has 1 aromatic rings. The molecule has 0 aromatic heterocycles. The van der Waals surface area contributed by atoms with E-state index >= 15 is 0 Å². The van der Waals surface area contributed by atoms with Gasteiger partial charge in [0.25, 0.3) is 0 Å². The first-order valence-corrected chi connectivity index (χ1v) is 6.17. The van der Waals surface area contributed by atoms with Crippen LogP contribution in [0.4, 0.5) is 5.69 Å². The van der Waals surface area contributed by atoms with E-state index in [1.807, 2.05) is 0 Å². The van der Waals surface area contributed by atoms with Gasteiger partial charge < -0.3 is 10.6 Å². The summed E-state index contributed by atoms with van der Waals surface area (Å²) in [5, 5.41) is 0. The van der Waals surface area contributed by atoms with E-state index in [2.05, 4.69) is 43.9 Å². The lowest BCUT2D eigenvalue weighted by molar-refractivity contribution is 0.429. The van der Waals surface area contributed by atoms with Crippen molar-refractivity contribution in [1.82, 2.24) is 0 Å². The lowest BCUT2D eigenvalue weighted by Gasteiger charge is -2.39. The molecular formula is C14H22N2. The number of aryl methyl sites for hydroxylation is 2. The average molecular weight is 218 g/mol. The maximum absolute atomic E-state index is 6.00. The highest BCUT2D eigenvalue weighted by molar-refractivity contribution is 5.55. The number of benzene rings is 1. The van der Waals surface area contributed by atoms with Gasteiger partial charge in [0, 0.05) is 24.3 Å². The summed E-state index contributed by atoms with van der Waals surface area (Å²) in [5.74, 6) is 0. The largest absolute Gasteiger partial charge is 0.368 e. The van der Waals surface area contributed by atoms with Crippen molar-refractivity contribution in [1.29, 1.82) is 0 Å². The Hall–Kier alpha value is -1.02. The Morgan fingerprint density at radius 2 is 2.06 bits per heavy atom. The predicted molar refractivity (Wildman–Crippen MR) is 69.9 cm³/mol. The molecule has 1 aliphatic rings. The summed E-state index contributed by atoms with van der Waals surface area (Å²) in [6.07, 6.45) is 2.21. The third-order valence-electron chi connectivity index (χ3n) is 3.58. The van der Waals surface area contributed by atoms with Crippen LogP contribution in [-0.2, 0) is 0 Å². The predicted octanol–water partition coefficient (Wildman–Crippen LogP) is 2.62. The molecule has 0 spiro atoms. The van der Waals surface area contributed by atoms with Crippen LogP contribution in [0.5, 0.6) is 0 Å². The number of hydrogen-bond donors (Lipinski definition) is 1. The minimum absolute atomic E-state index is 0.386. The van der Waals surface area contributed by atoms with Gasteiger partial charge in [-0.3, -0.25) is 0 Å². The van der Waals surface area contributed by atoms with Gasteiger partial charge in [-0.1, -0.05) is 17.7 Å². The summed E-state index contributed by atoms with van der Waals surface area (Å²) in [4.78, 5) is 2.50. The molecule has 2 unspecified atom stereocenters. The fraction of sp³-hybridized carbons (Fsp3) is 0.571. The summed E-state index contributed by atoms with van der Waals surface area (Å²) >= 11 is 0. The van der Waals surface area contributed by atoms with Crippen molar-refractivity contribution in [3.63, 3.8) is 0 Å². The van der Waals surface area contributed by atoms with Crippen LogP contribution in [0.15, 0.2) is 18.2 Å². The van der Waals surface area contributed by atoms with Gasteiger partial charge in [-0.2, -0.15) is 0 Å². The normalized spacial score (nSPS) is 25.9. The topological polar surface area (TPSA) is 29.3 Å². The maximum atomic E-state index is 6.00. The van der Waals surface area contributed by atoms with Gasteiger partial charge in [0.05, 0.1) is 0 Å². The van der Waals surface area contributed by atoms with Crippen LogP contribution >= 0.6 is 0 Å². The molecule has 1 saturated heterocycles. The lowest BCUT2D eigenvalue weighted by Crippen LogP contribution is -2.45. The molecule has 1 aliphatic heterocycles. The Labute approximate surface area is 98.4 Å². The molecule has 1 aromatic carbocycles. The fourth-order valence-electron chi connectivity index (χ4n) is 2.69. The van der Waals surface area contributed by atoms with Crippen molar-refractivity contribution in [2.75, 3.05) is 11.4 Å². The molecule has 2 rings (SSSR count). The van der Waals surface area contributed by atoms with Crippen LogP contribution < -0.4 is 10.6 Å². The average Bonchev–Trinajstić information content (AvgIpc) is 2.19. The highest BCUT2D eigenvalue weighted by atomic mass is 15.2. The van der Waals surface area contributed by atoms with Gasteiger partial charge in [-0.15, -0.1) is 0 Å². The summed E-state index contributed by atoms with van der Waals surface area (Å²) in [5.41, 5.74) is 10.1. The number of piperidine rings is 1. The van der Waals surface area contributed by atoms with Crippen LogP contribution in [0, 0.1) is 13.8 Å². The number of hydrogen-bond acceptors (Lipinski definition) is 2. The van der Waals surface area contributed by atoms with E-state index in [-0.39, 0.29) is 0 Å². The van der Waals surface area contributed by atoms with E-state index < -0.39 is 0 Å². The van der Waals surface area contributed by atoms with E-state index in [4.69, 9.17) is 5.73 Å². The van der Waals surface area contributed by atoms with Gasteiger partial charge in [-0.25, -0.2) is 0 Å². The molecule has 1 heterocycles. The zero-order valence-electron chi connectivity index (χ0n) is 10.5. The van der Waals surface area contributed by atoms with Crippen molar-refractivity contribution in [3.05, 3.63) is 29.3 Å². The Morgan fingerprint density at radius 3 is 2.69 bits per heavy atom. The summed E-state index contributed by atoms with van der Waals surface area (Å²) in [7, 11) is 0. The van der Waals surface area contributed by atoms with E-state index in [1.165, 1.54) is 16.8 Å². The number of rotatable bonds is 1. The molecule has 0 saturated carbocycles. The van der Waals surface area contributed by atoms with E-state index in [1.54, 1.807) is 0 Å². The van der Waals surface area contributed by atoms with Gasteiger partial charge in [0.15, 0.2) is 0 Å². The molecule has 88 valence electrons. The summed E-state index contributed by atoms with van der Waals surface area (Å²) in [6, 6.07) is 7.65. The van der Waals surface area contributed by atoms with Crippen LogP contribution in [0.25, 0.3) is 0 Å². The molecule has 0 radical (unpaired) electrons. The Balaban J connectivity index is 2.23. The summed E-state index contributed by atoms with van der Waals surface area (Å²) < 4.78 is 0. The first-order valence-electron chi connectivity index (χ1n) is 6.17. The molecule has 2 nitrogen and oxygen atoms in total. The van der Waals surface area contributed by atoms with Crippen molar-refractivity contribution >= 4 is 5.69 Å². The molecule has 1 fully saturated rings. The van der Waals surface area contributed by atoms with Crippen LogP contribution in [-0.4, -0.2) is 18.6 Å². The van der Waals surface area contributed by atoms with Crippen LogP contribution in [0.2, 0.25) is 0 Å². The second-order valence-electron chi connectivity index (χ2n) is 5.12. The highest BCUT2D eigenvalue weighted by Gasteiger charge is 2.23. The second-order valence-corrected chi connectivity index (χ2v) is 5.12. The van der Waals surface area contributed by atoms with Crippen molar-refractivity contribution in [3.8, 4) is 0 Å². The van der Waals surface area contributed by atoms with Crippen LogP contribution in [0.3, 0.4) is 0 Å². The molecule has 2 N–H and O–H groups in total. The Bertz CT molecular complexity index is 373. The van der Waals surface area contributed by atoms with Gasteiger partial charge in [-0.05, 0) is 45.2 Å². The van der Waals surface area contributed by atoms with Crippen molar-refractivity contribution in [2.24, 2.45) is 5.73 Å². The molecule has 2 heteroatoms. The SMILES string of the molecule is Cc1ccc(N2CCC(N)CC2C)c(C)c1. The molecule has 2 atom stereocenters. The lowest BCUT2D eigenvalue weighted by atomic mass is 9.97. The smallest absolute Gasteiger partial charge is 0.0398 e.